The smallest absolute Gasteiger partial charge is 0.221 e. The van der Waals surface area contributed by atoms with E-state index in [-0.39, 0.29) is 5.43 Å². The Labute approximate surface area is 102 Å². The van der Waals surface area contributed by atoms with Crippen molar-refractivity contribution in [2.24, 2.45) is 0 Å². The first kappa shape index (κ1) is 10.2. The van der Waals surface area contributed by atoms with Crippen LogP contribution in [0.15, 0.2) is 41.2 Å². The normalized spacial score (nSPS) is 10.9. The number of methoxy groups -OCH3 is 1. The third kappa shape index (κ3) is 1.66. The van der Waals surface area contributed by atoms with Gasteiger partial charge in [0.2, 0.25) is 5.43 Å². The number of aromatic nitrogens is 1. The molecule has 1 aliphatic carbocycles. The highest BCUT2D eigenvalue weighted by Gasteiger charge is 2.11. The molecule has 0 N–H and O–H groups in total. The van der Waals surface area contributed by atoms with Crippen molar-refractivity contribution in [1.82, 2.24) is 4.98 Å². The minimum atomic E-state index is -0.103. The van der Waals surface area contributed by atoms with Crippen LogP contribution in [-0.4, -0.2) is 12.1 Å². The van der Waals surface area contributed by atoms with Crippen molar-refractivity contribution in [2.45, 2.75) is 0 Å². The van der Waals surface area contributed by atoms with E-state index in [1.165, 1.54) is 7.11 Å². The highest BCUT2D eigenvalue weighted by molar-refractivity contribution is 7.21. The predicted octanol–water partition coefficient (Wildman–Crippen LogP) is 2.77. The molecule has 0 unspecified atom stereocenters. The molecule has 0 aromatic heterocycles. The van der Waals surface area contributed by atoms with Crippen LogP contribution in [0.5, 0.6) is 5.75 Å². The van der Waals surface area contributed by atoms with Gasteiger partial charge in [-0.1, -0.05) is 12.1 Å². The molecular weight excluding hydrogens is 234 g/mol. The summed E-state index contributed by atoms with van der Waals surface area (Å²) in [4.78, 5) is 17.1. The minimum absolute atomic E-state index is 0.103. The van der Waals surface area contributed by atoms with E-state index >= 15 is 0 Å². The van der Waals surface area contributed by atoms with Crippen molar-refractivity contribution in [3.63, 3.8) is 0 Å². The molecule has 0 saturated carbocycles. The molecule has 84 valence electrons. The van der Waals surface area contributed by atoms with Crippen molar-refractivity contribution < 1.29 is 4.74 Å². The summed E-state index contributed by atoms with van der Waals surface area (Å²) < 4.78 is 6.09. The summed E-state index contributed by atoms with van der Waals surface area (Å²) in [6.45, 7) is 0. The Balaban J connectivity index is 2.41. The molecule has 0 saturated heterocycles. The summed E-state index contributed by atoms with van der Waals surface area (Å²) in [5.74, 6) is 0.340. The average molecular weight is 243 g/mol. The van der Waals surface area contributed by atoms with Gasteiger partial charge in [-0.25, -0.2) is 4.98 Å². The summed E-state index contributed by atoms with van der Waals surface area (Å²) in [5.41, 5.74) is 1.63. The molecule has 17 heavy (non-hydrogen) atoms. The topological polar surface area (TPSA) is 39.2 Å². The number of hydrogen-bond donors (Lipinski definition) is 0. The molecule has 1 aliphatic heterocycles. The third-order valence-corrected chi connectivity index (χ3v) is 3.68. The first-order valence-corrected chi connectivity index (χ1v) is 5.97. The van der Waals surface area contributed by atoms with E-state index in [0.29, 0.717) is 5.75 Å². The van der Waals surface area contributed by atoms with Crippen LogP contribution >= 0.6 is 11.3 Å². The van der Waals surface area contributed by atoms with Gasteiger partial charge < -0.3 is 4.74 Å². The highest BCUT2D eigenvalue weighted by Crippen LogP contribution is 2.30. The summed E-state index contributed by atoms with van der Waals surface area (Å²) in [5, 5.41) is 0. The number of hydrogen-bond acceptors (Lipinski definition) is 4. The van der Waals surface area contributed by atoms with Gasteiger partial charge in [-0.15, -0.1) is 11.3 Å². The Hall–Kier alpha value is -1.94. The van der Waals surface area contributed by atoms with Crippen LogP contribution in [0, 0.1) is 0 Å². The predicted molar refractivity (Wildman–Crippen MR) is 69.1 cm³/mol. The van der Waals surface area contributed by atoms with Gasteiger partial charge in [0.1, 0.15) is 0 Å². The Kier molecular flexibility index (Phi) is 2.30. The lowest BCUT2D eigenvalue weighted by molar-refractivity contribution is 0.411. The molecule has 3 nitrogen and oxygen atoms in total. The second-order valence-electron chi connectivity index (χ2n) is 3.65. The first-order valence-electron chi connectivity index (χ1n) is 5.15. The van der Waals surface area contributed by atoms with Crippen LogP contribution in [0.1, 0.15) is 0 Å². The minimum Gasteiger partial charge on any atom is -0.493 e. The lowest BCUT2D eigenvalue weighted by atomic mass is 10.2. The Morgan fingerprint density at radius 2 is 2.06 bits per heavy atom. The summed E-state index contributed by atoms with van der Waals surface area (Å²) in [6, 6.07) is 11.2. The molecule has 0 fully saturated rings. The molecule has 1 aromatic carbocycles. The zero-order valence-electron chi connectivity index (χ0n) is 9.14. The van der Waals surface area contributed by atoms with Gasteiger partial charge in [-0.2, -0.15) is 0 Å². The van der Waals surface area contributed by atoms with Gasteiger partial charge in [0.25, 0.3) is 0 Å². The van der Waals surface area contributed by atoms with E-state index in [2.05, 4.69) is 4.98 Å². The number of rotatable bonds is 1. The molecule has 1 aromatic rings. The summed E-state index contributed by atoms with van der Waals surface area (Å²) in [6.07, 6.45) is 0. The zero-order valence-corrected chi connectivity index (χ0v) is 9.95. The molecule has 4 heteroatoms. The van der Waals surface area contributed by atoms with Gasteiger partial charge >= 0.3 is 0 Å². The molecule has 0 spiro atoms. The molecule has 2 aliphatic rings. The maximum Gasteiger partial charge on any atom is 0.221 e. The standard InChI is InChI=1S/C13H9NO2S/c1-16-11-6-9-13(7-10(11)15)17-12-5-3-2-4-8(12)14-9/h2-7H,1H3. The van der Waals surface area contributed by atoms with Crippen molar-refractivity contribution in [3.8, 4) is 16.3 Å². The van der Waals surface area contributed by atoms with Crippen molar-refractivity contribution >= 4 is 21.6 Å². The number of para-hydroxylation sites is 1. The molecule has 0 radical (unpaired) electrons. The molecule has 3 rings (SSSR count). The SMILES string of the molecule is COc1cc2nc3ccccc3sc-2cc1=O. The molecule has 0 atom stereocenters. The monoisotopic (exact) mass is 243 g/mol. The van der Waals surface area contributed by atoms with Crippen LogP contribution in [0.25, 0.3) is 20.8 Å². The van der Waals surface area contributed by atoms with E-state index in [1.807, 2.05) is 24.3 Å². The average Bonchev–Trinajstić information content (AvgIpc) is 2.35. The molecular formula is C13H9NO2S. The maximum atomic E-state index is 11.7. The lowest BCUT2D eigenvalue weighted by Crippen LogP contribution is -2.05. The zero-order chi connectivity index (χ0) is 11.8. The van der Waals surface area contributed by atoms with Crippen molar-refractivity contribution in [3.05, 3.63) is 46.6 Å². The Morgan fingerprint density at radius 1 is 1.24 bits per heavy atom. The summed E-state index contributed by atoms with van der Waals surface area (Å²) >= 11 is 1.57. The number of nitrogens with zero attached hydrogens (tertiary/aromatic N) is 1. The van der Waals surface area contributed by atoms with E-state index in [0.717, 1.165) is 20.8 Å². The number of ether oxygens (including phenoxy) is 1. The van der Waals surface area contributed by atoms with E-state index in [1.54, 1.807) is 23.5 Å². The highest BCUT2D eigenvalue weighted by atomic mass is 32.1. The fourth-order valence-corrected chi connectivity index (χ4v) is 2.72. The Bertz CT molecular complexity index is 720. The molecule has 0 bridgehead atoms. The number of benzene rings is 2. The van der Waals surface area contributed by atoms with E-state index in [4.69, 9.17) is 4.74 Å². The lowest BCUT2D eigenvalue weighted by Gasteiger charge is -2.07. The first-order chi connectivity index (χ1) is 8.28. The third-order valence-electron chi connectivity index (χ3n) is 2.57. The fourth-order valence-electron chi connectivity index (χ4n) is 1.74. The van der Waals surface area contributed by atoms with Crippen LogP contribution in [0.2, 0.25) is 0 Å². The molecule has 0 amide bonds. The van der Waals surface area contributed by atoms with Gasteiger partial charge in [0, 0.05) is 12.1 Å². The van der Waals surface area contributed by atoms with Gasteiger partial charge in [-0.05, 0) is 12.1 Å². The number of fused-ring (bicyclic) bond motifs is 2. The van der Waals surface area contributed by atoms with Crippen LogP contribution < -0.4 is 10.2 Å². The van der Waals surface area contributed by atoms with E-state index < -0.39 is 0 Å². The maximum absolute atomic E-state index is 11.7. The van der Waals surface area contributed by atoms with Crippen LogP contribution in [-0.2, 0) is 0 Å². The molecule has 1 heterocycles. The van der Waals surface area contributed by atoms with Gasteiger partial charge in [0.05, 0.1) is 27.9 Å². The Morgan fingerprint density at radius 3 is 2.88 bits per heavy atom. The van der Waals surface area contributed by atoms with Crippen LogP contribution in [0.3, 0.4) is 0 Å². The fraction of sp³-hybridized carbons (Fsp3) is 0.0769. The van der Waals surface area contributed by atoms with Crippen molar-refractivity contribution in [1.29, 1.82) is 0 Å². The van der Waals surface area contributed by atoms with Crippen LogP contribution in [0.4, 0.5) is 0 Å². The van der Waals surface area contributed by atoms with Gasteiger partial charge in [-0.3, -0.25) is 4.79 Å². The van der Waals surface area contributed by atoms with E-state index in [9.17, 15) is 4.79 Å². The van der Waals surface area contributed by atoms with Crippen molar-refractivity contribution in [2.75, 3.05) is 7.11 Å². The largest absolute Gasteiger partial charge is 0.493 e. The van der Waals surface area contributed by atoms with Gasteiger partial charge in [0.15, 0.2) is 5.75 Å². The second-order valence-corrected chi connectivity index (χ2v) is 4.74. The summed E-state index contributed by atoms with van der Waals surface area (Å²) in [7, 11) is 1.49. The second kappa shape index (κ2) is 3.82. The quantitative estimate of drug-likeness (QED) is 0.617.